The van der Waals surface area contributed by atoms with Crippen LogP contribution in [-0.4, -0.2) is 61.7 Å². The Bertz CT molecular complexity index is 1340. The van der Waals surface area contributed by atoms with Gasteiger partial charge in [0, 0.05) is 34.8 Å². The summed E-state index contributed by atoms with van der Waals surface area (Å²) in [4.78, 5) is 10.3. The van der Waals surface area contributed by atoms with Crippen molar-refractivity contribution in [2.75, 3.05) is 12.0 Å². The van der Waals surface area contributed by atoms with Crippen LogP contribution in [-0.2, 0) is 0 Å². The van der Waals surface area contributed by atoms with Gasteiger partial charge in [0.25, 0.3) is 0 Å². The number of anilines is 1. The highest BCUT2D eigenvalue weighted by Gasteiger charge is 2.58. The summed E-state index contributed by atoms with van der Waals surface area (Å²) >= 11 is 0. The fourth-order valence-electron chi connectivity index (χ4n) is 6.06. The SMILES string of the molecule is COc1cc(-c2ccc(-c3cnc(N(C4CC4)[C@H]4C[C@]5(C)CC[C@@](C)(N5)[C@H]4F)nn3)c(O)c2)cc(F)n1. The lowest BCUT2D eigenvalue weighted by Crippen LogP contribution is -2.66. The number of phenolic OH excluding ortho intramolecular Hbond substituents is 1. The van der Waals surface area contributed by atoms with E-state index in [0.29, 0.717) is 34.8 Å². The number of hydrogen-bond acceptors (Lipinski definition) is 8. The second-order valence-electron chi connectivity index (χ2n) is 11.0. The molecule has 2 saturated heterocycles. The number of nitrogens with one attached hydrogen (secondary N) is 1. The Morgan fingerprint density at radius 3 is 2.59 bits per heavy atom. The molecule has 3 fully saturated rings. The number of pyridine rings is 1. The summed E-state index contributed by atoms with van der Waals surface area (Å²) in [6.45, 7) is 4.15. The molecule has 4 atom stereocenters. The third kappa shape index (κ3) is 4.27. The molecule has 2 bridgehead atoms. The van der Waals surface area contributed by atoms with Crippen LogP contribution in [0.1, 0.15) is 46.0 Å². The lowest BCUT2D eigenvalue weighted by molar-refractivity contribution is 0.0828. The van der Waals surface area contributed by atoms with Gasteiger partial charge >= 0.3 is 0 Å². The van der Waals surface area contributed by atoms with Gasteiger partial charge in [0.1, 0.15) is 17.6 Å². The Morgan fingerprint density at radius 1 is 1.11 bits per heavy atom. The number of methoxy groups -OCH3 is 1. The van der Waals surface area contributed by atoms with Crippen molar-refractivity contribution >= 4 is 5.95 Å². The molecule has 1 aromatic carbocycles. The van der Waals surface area contributed by atoms with E-state index < -0.39 is 17.7 Å². The van der Waals surface area contributed by atoms with Gasteiger partial charge in [-0.2, -0.15) is 9.37 Å². The van der Waals surface area contributed by atoms with Crippen molar-refractivity contribution in [3.63, 3.8) is 0 Å². The van der Waals surface area contributed by atoms with Crippen LogP contribution in [0.5, 0.6) is 11.6 Å². The summed E-state index contributed by atoms with van der Waals surface area (Å²) in [5.41, 5.74) is 1.30. The van der Waals surface area contributed by atoms with E-state index in [1.54, 1.807) is 24.4 Å². The maximum atomic E-state index is 15.8. The molecule has 0 amide bonds. The molecule has 0 unspecified atom stereocenters. The molecule has 0 spiro atoms. The van der Waals surface area contributed by atoms with Crippen molar-refractivity contribution in [3.8, 4) is 34.0 Å². The van der Waals surface area contributed by atoms with E-state index in [1.165, 1.54) is 19.2 Å². The highest BCUT2D eigenvalue weighted by atomic mass is 19.1. The number of aromatic nitrogens is 4. The molecule has 3 aromatic rings. The monoisotopic (exact) mass is 508 g/mol. The van der Waals surface area contributed by atoms with Crippen LogP contribution in [0.2, 0.25) is 0 Å². The fourth-order valence-corrected chi connectivity index (χ4v) is 6.06. The number of halogens is 2. The summed E-state index contributed by atoms with van der Waals surface area (Å²) in [6.07, 6.45) is 4.94. The number of aromatic hydroxyl groups is 1. The van der Waals surface area contributed by atoms with Gasteiger partial charge in [-0.1, -0.05) is 6.07 Å². The minimum absolute atomic E-state index is 0.0452. The molecule has 2 N–H and O–H groups in total. The van der Waals surface area contributed by atoms with Crippen LogP contribution in [0.25, 0.3) is 22.4 Å². The molecule has 6 rings (SSSR count). The van der Waals surface area contributed by atoms with Crippen LogP contribution in [0.4, 0.5) is 14.7 Å². The van der Waals surface area contributed by atoms with E-state index in [0.717, 1.165) is 25.7 Å². The largest absolute Gasteiger partial charge is 0.507 e. The minimum Gasteiger partial charge on any atom is -0.507 e. The zero-order valence-corrected chi connectivity index (χ0v) is 21.1. The van der Waals surface area contributed by atoms with Gasteiger partial charge in [-0.15, -0.1) is 10.2 Å². The van der Waals surface area contributed by atoms with E-state index >= 15 is 4.39 Å². The summed E-state index contributed by atoms with van der Waals surface area (Å²) in [5, 5.41) is 23.0. The molecule has 37 heavy (non-hydrogen) atoms. The molecule has 194 valence electrons. The summed E-state index contributed by atoms with van der Waals surface area (Å²) in [7, 11) is 1.41. The third-order valence-corrected chi connectivity index (χ3v) is 8.05. The Labute approximate surface area is 214 Å². The average Bonchev–Trinajstić information content (AvgIpc) is 3.67. The first-order valence-electron chi connectivity index (χ1n) is 12.6. The molecular weight excluding hydrogens is 478 g/mol. The first-order valence-corrected chi connectivity index (χ1v) is 12.6. The molecule has 8 nitrogen and oxygen atoms in total. The number of phenols is 1. The van der Waals surface area contributed by atoms with Gasteiger partial charge in [0.15, 0.2) is 0 Å². The van der Waals surface area contributed by atoms with Crippen molar-refractivity contribution in [2.45, 2.75) is 75.3 Å². The van der Waals surface area contributed by atoms with Crippen LogP contribution in [0.15, 0.2) is 36.5 Å². The van der Waals surface area contributed by atoms with E-state index in [1.807, 2.05) is 11.8 Å². The first-order chi connectivity index (χ1) is 17.7. The summed E-state index contributed by atoms with van der Waals surface area (Å²) in [5.74, 6) is -0.159. The topological polar surface area (TPSA) is 96.3 Å². The van der Waals surface area contributed by atoms with Crippen molar-refractivity contribution in [2.24, 2.45) is 0 Å². The molecule has 2 aliphatic heterocycles. The van der Waals surface area contributed by atoms with Gasteiger partial charge < -0.3 is 20.1 Å². The fraction of sp³-hybridized carbons (Fsp3) is 0.481. The molecule has 4 heterocycles. The molecular formula is C27H30F2N6O2. The van der Waals surface area contributed by atoms with Gasteiger partial charge in [-0.25, -0.2) is 9.37 Å². The first kappa shape index (κ1) is 24.0. The molecule has 1 aliphatic carbocycles. The average molecular weight is 509 g/mol. The minimum atomic E-state index is -1.04. The number of ether oxygens (including phenoxy) is 1. The third-order valence-electron chi connectivity index (χ3n) is 8.05. The summed E-state index contributed by atoms with van der Waals surface area (Å²) < 4.78 is 34.7. The van der Waals surface area contributed by atoms with Crippen LogP contribution < -0.4 is 15.0 Å². The number of rotatable bonds is 6. The quantitative estimate of drug-likeness (QED) is 0.472. The molecule has 10 heteroatoms. The Kier molecular flexibility index (Phi) is 5.56. The lowest BCUT2D eigenvalue weighted by atomic mass is 9.82. The number of piperidine rings is 1. The van der Waals surface area contributed by atoms with Crippen LogP contribution in [0.3, 0.4) is 0 Å². The second-order valence-corrected chi connectivity index (χ2v) is 11.0. The Morgan fingerprint density at radius 2 is 1.92 bits per heavy atom. The van der Waals surface area contributed by atoms with E-state index in [4.69, 9.17) is 4.74 Å². The smallest absolute Gasteiger partial charge is 0.245 e. The van der Waals surface area contributed by atoms with Gasteiger partial charge in [-0.05, 0) is 69.2 Å². The maximum Gasteiger partial charge on any atom is 0.245 e. The van der Waals surface area contributed by atoms with Gasteiger partial charge in [0.2, 0.25) is 17.8 Å². The van der Waals surface area contributed by atoms with Crippen LogP contribution >= 0.6 is 0 Å². The molecule has 2 aromatic heterocycles. The second kappa shape index (κ2) is 8.58. The number of benzene rings is 1. The Hall–Kier alpha value is -3.40. The molecule has 0 radical (unpaired) electrons. The molecule has 3 aliphatic rings. The van der Waals surface area contributed by atoms with Gasteiger partial charge in [0.05, 0.1) is 19.3 Å². The Balaban J connectivity index is 1.28. The van der Waals surface area contributed by atoms with Crippen molar-refractivity contribution < 1.29 is 18.6 Å². The number of hydrogen-bond donors (Lipinski definition) is 2. The summed E-state index contributed by atoms with van der Waals surface area (Å²) in [6, 6.07) is 7.71. The molecule has 1 saturated carbocycles. The number of nitrogens with zero attached hydrogens (tertiary/aromatic N) is 5. The predicted molar refractivity (Wildman–Crippen MR) is 135 cm³/mol. The van der Waals surface area contributed by atoms with E-state index in [-0.39, 0.29) is 29.3 Å². The number of fused-ring (bicyclic) bond motifs is 2. The van der Waals surface area contributed by atoms with E-state index in [2.05, 4.69) is 32.4 Å². The lowest BCUT2D eigenvalue weighted by Gasteiger charge is -2.48. The standard InChI is InChI=1S/C27H30F2N6O2/c1-26-8-9-27(2,34-26)24(29)20(13-26)35(17-5-6-17)25-30-14-19(32-33-25)18-7-4-15(10-21(18)36)16-11-22(28)31-23(12-16)37-3/h4,7,10-12,14,17,20,24,34,36H,5-6,8-9,13H2,1-3H3/t20-,24-,26-,27+/m0/s1. The van der Waals surface area contributed by atoms with Crippen molar-refractivity contribution in [1.29, 1.82) is 0 Å². The maximum absolute atomic E-state index is 15.8. The van der Waals surface area contributed by atoms with Crippen molar-refractivity contribution in [1.82, 2.24) is 25.5 Å². The predicted octanol–water partition coefficient (Wildman–Crippen LogP) is 4.43. The zero-order chi connectivity index (χ0) is 25.9. The zero-order valence-electron chi connectivity index (χ0n) is 21.1. The normalized spacial score (nSPS) is 28.8. The van der Waals surface area contributed by atoms with Crippen LogP contribution in [0, 0.1) is 5.95 Å². The van der Waals surface area contributed by atoms with E-state index in [9.17, 15) is 9.50 Å². The van der Waals surface area contributed by atoms with Crippen molar-refractivity contribution in [3.05, 3.63) is 42.5 Å². The van der Waals surface area contributed by atoms with Gasteiger partial charge in [-0.3, -0.25) is 0 Å². The highest BCUT2D eigenvalue weighted by molar-refractivity contribution is 5.74. The number of alkyl halides is 1. The highest BCUT2D eigenvalue weighted by Crippen LogP contribution is 2.47.